The fourth-order valence-corrected chi connectivity index (χ4v) is 5.71. The number of thiocarbonyl (C=S) groups is 1. The lowest BCUT2D eigenvalue weighted by atomic mass is 9.99. The van der Waals surface area contributed by atoms with Gasteiger partial charge in [0.1, 0.15) is 8.78 Å². The Hall–Kier alpha value is -1.84. The van der Waals surface area contributed by atoms with Crippen LogP contribution in [0.2, 0.25) is 0 Å². The van der Waals surface area contributed by atoms with Gasteiger partial charge in [0, 0.05) is 5.57 Å². The lowest BCUT2D eigenvalue weighted by Gasteiger charge is -2.12. The van der Waals surface area contributed by atoms with Crippen LogP contribution in [0.1, 0.15) is 71.3 Å². The average Bonchev–Trinajstić information content (AvgIpc) is 2.85. The molecule has 1 aromatic carbocycles. The molecule has 0 spiro atoms. The number of aliphatic carboxylic acids is 1. The number of rotatable bonds is 17. The van der Waals surface area contributed by atoms with Crippen LogP contribution in [0.25, 0.3) is 6.08 Å². The van der Waals surface area contributed by atoms with Gasteiger partial charge in [0.25, 0.3) is 0 Å². The van der Waals surface area contributed by atoms with Crippen LogP contribution in [0.4, 0.5) is 0 Å². The number of carboxylic acids is 1. The van der Waals surface area contributed by atoms with Gasteiger partial charge in [-0.25, -0.2) is 4.79 Å². The number of hydrogen-bond acceptors (Lipinski definition) is 8. The molecule has 0 saturated carbocycles. The number of unbranched alkanes of at least 4 members (excludes halogenated alkanes) is 5. The van der Waals surface area contributed by atoms with E-state index >= 15 is 0 Å². The second kappa shape index (κ2) is 19.3. The van der Waals surface area contributed by atoms with Crippen LogP contribution < -0.4 is 0 Å². The van der Waals surface area contributed by atoms with Gasteiger partial charge in [-0.3, -0.25) is 9.59 Å². The predicted molar refractivity (Wildman–Crippen MR) is 153 cm³/mol. The van der Waals surface area contributed by atoms with E-state index in [1.54, 1.807) is 24.8 Å². The third-order valence-corrected chi connectivity index (χ3v) is 7.78. The van der Waals surface area contributed by atoms with Crippen LogP contribution in [0.5, 0.6) is 0 Å². The van der Waals surface area contributed by atoms with Crippen LogP contribution in [-0.2, 0) is 23.9 Å². The molecular formula is C27H38O6S3. The third kappa shape index (κ3) is 14.7. The number of benzene rings is 1. The summed E-state index contributed by atoms with van der Waals surface area (Å²) in [7, 11) is 0. The molecule has 200 valence electrons. The Morgan fingerprint density at radius 1 is 0.972 bits per heavy atom. The lowest BCUT2D eigenvalue weighted by molar-refractivity contribution is -0.143. The van der Waals surface area contributed by atoms with Crippen molar-refractivity contribution in [3.63, 3.8) is 0 Å². The zero-order chi connectivity index (χ0) is 26.8. The quantitative estimate of drug-likeness (QED) is 0.0970. The molecule has 2 atom stereocenters. The zero-order valence-corrected chi connectivity index (χ0v) is 23.9. The van der Waals surface area contributed by atoms with Crippen molar-refractivity contribution in [3.05, 3.63) is 41.5 Å². The highest BCUT2D eigenvalue weighted by Gasteiger charge is 2.19. The van der Waals surface area contributed by atoms with E-state index in [-0.39, 0.29) is 17.6 Å². The van der Waals surface area contributed by atoms with Crippen LogP contribution in [-0.4, -0.2) is 50.8 Å². The Labute approximate surface area is 229 Å². The molecule has 36 heavy (non-hydrogen) atoms. The summed E-state index contributed by atoms with van der Waals surface area (Å²) in [6.07, 6.45) is 7.30. The molecule has 2 unspecified atom stereocenters. The maximum Gasteiger partial charge on any atom is 0.334 e. The van der Waals surface area contributed by atoms with Crippen LogP contribution in [0.15, 0.2) is 35.9 Å². The van der Waals surface area contributed by atoms with E-state index in [9.17, 15) is 19.5 Å². The number of carbonyl (C=O) groups excluding carboxylic acids is 2. The minimum atomic E-state index is -0.944. The van der Waals surface area contributed by atoms with E-state index < -0.39 is 17.9 Å². The summed E-state index contributed by atoms with van der Waals surface area (Å²) in [4.78, 5) is 35.8. The van der Waals surface area contributed by atoms with Gasteiger partial charge >= 0.3 is 17.9 Å². The van der Waals surface area contributed by atoms with E-state index in [1.165, 1.54) is 11.8 Å². The lowest BCUT2D eigenvalue weighted by Crippen LogP contribution is -2.18. The molecule has 0 aromatic heterocycles. The van der Waals surface area contributed by atoms with Crippen molar-refractivity contribution in [1.29, 1.82) is 0 Å². The Balaban J connectivity index is 2.23. The van der Waals surface area contributed by atoms with Gasteiger partial charge in [-0.05, 0) is 43.6 Å². The van der Waals surface area contributed by atoms with E-state index in [4.69, 9.17) is 21.7 Å². The maximum atomic E-state index is 12.6. The molecular weight excluding hydrogens is 516 g/mol. The molecule has 0 heterocycles. The normalized spacial score (nSPS) is 13.0. The van der Waals surface area contributed by atoms with Crippen molar-refractivity contribution in [2.24, 2.45) is 5.92 Å². The fourth-order valence-electron chi connectivity index (χ4n) is 3.17. The van der Waals surface area contributed by atoms with E-state index in [1.807, 2.05) is 44.2 Å². The van der Waals surface area contributed by atoms with Crippen molar-refractivity contribution < 1.29 is 29.0 Å². The molecule has 0 fully saturated rings. The minimum absolute atomic E-state index is 0.121. The summed E-state index contributed by atoms with van der Waals surface area (Å²) in [6.45, 7) is 6.14. The Morgan fingerprint density at radius 3 is 2.14 bits per heavy atom. The largest absolute Gasteiger partial charge is 0.481 e. The van der Waals surface area contributed by atoms with Gasteiger partial charge in [0.05, 0.1) is 19.1 Å². The number of thioether (sulfide) groups is 2. The second-order valence-corrected chi connectivity index (χ2v) is 12.2. The van der Waals surface area contributed by atoms with Crippen molar-refractivity contribution in [1.82, 2.24) is 0 Å². The summed E-state index contributed by atoms with van der Waals surface area (Å²) in [5.74, 6) is -1.41. The summed E-state index contributed by atoms with van der Waals surface area (Å²) in [6, 6.07) is 9.33. The molecule has 0 aliphatic rings. The SMILES string of the molecule is CCSC(=S)SC(C)C(=O)OCCCCCCCCOC(=O)/C(=C/c1ccccc1)CC(C)C(=O)O. The number of esters is 2. The molecule has 0 radical (unpaired) electrons. The summed E-state index contributed by atoms with van der Waals surface area (Å²) < 4.78 is 11.5. The number of carboxylic acid groups (broad SMARTS) is 1. The topological polar surface area (TPSA) is 89.9 Å². The van der Waals surface area contributed by atoms with Crippen molar-refractivity contribution in [3.8, 4) is 0 Å². The first-order valence-corrected chi connectivity index (χ1v) is 14.7. The molecule has 6 nitrogen and oxygen atoms in total. The number of carbonyl (C=O) groups is 3. The van der Waals surface area contributed by atoms with Gasteiger partial charge < -0.3 is 14.6 Å². The van der Waals surface area contributed by atoms with Crippen molar-refractivity contribution in [2.75, 3.05) is 19.0 Å². The minimum Gasteiger partial charge on any atom is -0.481 e. The first-order valence-electron chi connectivity index (χ1n) is 12.4. The van der Waals surface area contributed by atoms with Gasteiger partial charge in [-0.15, -0.1) is 11.8 Å². The molecule has 0 aliphatic heterocycles. The first kappa shape index (κ1) is 32.2. The van der Waals surface area contributed by atoms with E-state index in [2.05, 4.69) is 0 Å². The van der Waals surface area contributed by atoms with Gasteiger partial charge in [-0.2, -0.15) is 0 Å². The van der Waals surface area contributed by atoms with Gasteiger partial charge in [0.15, 0.2) is 0 Å². The molecule has 0 aliphatic carbocycles. The van der Waals surface area contributed by atoms with Crippen LogP contribution in [0.3, 0.4) is 0 Å². The standard InChI is InChI=1S/C27H38O6S3/c1-4-35-27(34)36-21(3)25(30)32-16-12-7-5-6-8-13-17-33-26(31)23(18-20(2)24(28)29)19-22-14-10-9-11-15-22/h9-11,14-15,19-21H,4-8,12-13,16-18H2,1-3H3,(H,28,29)/b23-19+. The predicted octanol–water partition coefficient (Wildman–Crippen LogP) is 6.77. The molecule has 0 amide bonds. The molecule has 1 aromatic rings. The third-order valence-electron chi connectivity index (χ3n) is 5.23. The van der Waals surface area contributed by atoms with E-state index in [0.29, 0.717) is 18.8 Å². The highest BCUT2D eigenvalue weighted by Crippen LogP contribution is 2.22. The Morgan fingerprint density at radius 2 is 1.56 bits per heavy atom. The van der Waals surface area contributed by atoms with Crippen LogP contribution in [0, 0.1) is 5.92 Å². The monoisotopic (exact) mass is 554 g/mol. The zero-order valence-electron chi connectivity index (χ0n) is 21.4. The van der Waals surface area contributed by atoms with Gasteiger partial charge in [-0.1, -0.05) is 93.8 Å². The summed E-state index contributed by atoms with van der Waals surface area (Å²) in [5, 5.41) is 8.94. The molecule has 1 N–H and O–H groups in total. The molecule has 1 rings (SSSR count). The second-order valence-electron chi connectivity index (χ2n) is 8.39. The summed E-state index contributed by atoms with van der Waals surface area (Å²) in [5.41, 5.74) is 1.20. The van der Waals surface area contributed by atoms with Gasteiger partial charge in [0.2, 0.25) is 0 Å². The smallest absolute Gasteiger partial charge is 0.334 e. The van der Waals surface area contributed by atoms with E-state index in [0.717, 1.165) is 53.4 Å². The highest BCUT2D eigenvalue weighted by molar-refractivity contribution is 8.47. The number of ether oxygens (including phenoxy) is 2. The molecule has 0 bridgehead atoms. The fraction of sp³-hybridized carbons (Fsp3) is 0.556. The summed E-state index contributed by atoms with van der Waals surface area (Å²) >= 11 is 8.14. The number of hydrogen-bond donors (Lipinski definition) is 1. The van der Waals surface area contributed by atoms with Crippen molar-refractivity contribution >= 4 is 63.3 Å². The van der Waals surface area contributed by atoms with Crippen LogP contribution >= 0.6 is 35.7 Å². The first-order chi connectivity index (χ1) is 17.2. The average molecular weight is 555 g/mol. The Kier molecular flexibility index (Phi) is 17.3. The van der Waals surface area contributed by atoms with Crippen molar-refractivity contribution in [2.45, 2.75) is 71.0 Å². The maximum absolute atomic E-state index is 12.6. The highest BCUT2D eigenvalue weighted by atomic mass is 32.2. The Bertz CT molecular complexity index is 856. The molecule has 9 heteroatoms. The molecule has 0 saturated heterocycles.